The molecule has 1 atom stereocenters. The molecule has 0 aromatic heterocycles. The van der Waals surface area contributed by atoms with Gasteiger partial charge in [-0.3, -0.25) is 9.59 Å². The number of carbonyl (C=O) groups is 3. The SMILES string of the molecule is COC(=O)C(C)NC(=O)CC1(C(=O)O)CCCCCC1. The highest BCUT2D eigenvalue weighted by atomic mass is 16.5. The molecule has 2 N–H and O–H groups in total. The lowest BCUT2D eigenvalue weighted by Gasteiger charge is -2.27. The van der Waals surface area contributed by atoms with Gasteiger partial charge < -0.3 is 15.2 Å². The lowest BCUT2D eigenvalue weighted by Crippen LogP contribution is -2.43. The van der Waals surface area contributed by atoms with E-state index in [0.29, 0.717) is 12.8 Å². The molecular formula is C14H23NO5. The fourth-order valence-electron chi connectivity index (χ4n) is 2.71. The summed E-state index contributed by atoms with van der Waals surface area (Å²) in [5.41, 5.74) is -0.990. The Morgan fingerprint density at radius 2 is 1.75 bits per heavy atom. The molecule has 20 heavy (non-hydrogen) atoms. The van der Waals surface area contributed by atoms with E-state index in [-0.39, 0.29) is 6.42 Å². The fourth-order valence-corrected chi connectivity index (χ4v) is 2.71. The molecule has 1 aliphatic rings. The molecule has 1 unspecified atom stereocenters. The number of nitrogens with one attached hydrogen (secondary N) is 1. The third kappa shape index (κ3) is 4.21. The van der Waals surface area contributed by atoms with E-state index < -0.39 is 29.3 Å². The molecule has 1 fully saturated rings. The highest BCUT2D eigenvalue weighted by Gasteiger charge is 2.40. The van der Waals surface area contributed by atoms with Gasteiger partial charge in [0, 0.05) is 6.42 Å². The van der Waals surface area contributed by atoms with E-state index in [4.69, 9.17) is 0 Å². The number of esters is 1. The Balaban J connectivity index is 2.68. The number of hydrogen-bond donors (Lipinski definition) is 2. The van der Waals surface area contributed by atoms with Crippen molar-refractivity contribution in [3.8, 4) is 0 Å². The standard InChI is InChI=1S/C14H23NO5/c1-10(12(17)20-2)15-11(16)9-14(13(18)19)7-5-3-4-6-8-14/h10H,3-9H2,1-2H3,(H,15,16)(H,18,19). The summed E-state index contributed by atoms with van der Waals surface area (Å²) in [6, 6.07) is -0.760. The molecule has 0 spiro atoms. The van der Waals surface area contributed by atoms with E-state index in [1.807, 2.05) is 0 Å². The molecular weight excluding hydrogens is 262 g/mol. The molecule has 1 saturated carbocycles. The molecule has 114 valence electrons. The summed E-state index contributed by atoms with van der Waals surface area (Å²) in [6.07, 6.45) is 4.62. The van der Waals surface area contributed by atoms with Gasteiger partial charge in [0.2, 0.25) is 5.91 Å². The Hall–Kier alpha value is -1.59. The summed E-state index contributed by atoms with van der Waals surface area (Å²) in [7, 11) is 1.25. The van der Waals surface area contributed by atoms with E-state index in [1.54, 1.807) is 0 Å². The van der Waals surface area contributed by atoms with Crippen LogP contribution in [0.5, 0.6) is 0 Å². The van der Waals surface area contributed by atoms with Gasteiger partial charge in [-0.2, -0.15) is 0 Å². The Morgan fingerprint density at radius 1 is 1.20 bits per heavy atom. The molecule has 1 aliphatic carbocycles. The van der Waals surface area contributed by atoms with Crippen molar-refractivity contribution in [2.75, 3.05) is 7.11 Å². The predicted octanol–water partition coefficient (Wildman–Crippen LogP) is 1.48. The summed E-state index contributed by atoms with van der Waals surface area (Å²) in [4.78, 5) is 34.8. The zero-order valence-corrected chi connectivity index (χ0v) is 12.1. The van der Waals surface area contributed by atoms with Crippen LogP contribution in [0.25, 0.3) is 0 Å². The van der Waals surface area contributed by atoms with Crippen molar-refractivity contribution in [1.29, 1.82) is 0 Å². The van der Waals surface area contributed by atoms with Crippen molar-refractivity contribution in [2.24, 2.45) is 5.41 Å². The van der Waals surface area contributed by atoms with Gasteiger partial charge in [-0.15, -0.1) is 0 Å². The van der Waals surface area contributed by atoms with Gasteiger partial charge in [-0.25, -0.2) is 4.79 Å². The summed E-state index contributed by atoms with van der Waals surface area (Å²) >= 11 is 0. The minimum Gasteiger partial charge on any atom is -0.481 e. The lowest BCUT2D eigenvalue weighted by molar-refractivity contribution is -0.153. The quantitative estimate of drug-likeness (QED) is 0.589. The molecule has 0 heterocycles. The van der Waals surface area contributed by atoms with Crippen LogP contribution < -0.4 is 5.32 Å². The van der Waals surface area contributed by atoms with Crippen LogP contribution in [0.4, 0.5) is 0 Å². The minimum absolute atomic E-state index is 0.0797. The summed E-state index contributed by atoms with van der Waals surface area (Å²) in [6.45, 7) is 1.52. The Kier molecular flexibility index (Phi) is 5.98. The zero-order valence-electron chi connectivity index (χ0n) is 12.1. The second kappa shape index (κ2) is 7.26. The molecule has 0 aliphatic heterocycles. The number of aliphatic carboxylic acids is 1. The minimum atomic E-state index is -0.990. The Labute approximate surface area is 118 Å². The van der Waals surface area contributed by atoms with Crippen LogP contribution in [-0.4, -0.2) is 36.1 Å². The van der Waals surface area contributed by atoms with Gasteiger partial charge in [-0.1, -0.05) is 25.7 Å². The van der Waals surface area contributed by atoms with Crippen molar-refractivity contribution in [3.05, 3.63) is 0 Å². The van der Waals surface area contributed by atoms with Crippen molar-refractivity contribution < 1.29 is 24.2 Å². The maximum Gasteiger partial charge on any atom is 0.328 e. The molecule has 0 aromatic rings. The summed E-state index contributed by atoms with van der Waals surface area (Å²) in [5.74, 6) is -1.86. The van der Waals surface area contributed by atoms with Crippen molar-refractivity contribution >= 4 is 17.8 Å². The molecule has 6 heteroatoms. The topological polar surface area (TPSA) is 92.7 Å². The predicted molar refractivity (Wildman–Crippen MR) is 72.0 cm³/mol. The number of amides is 1. The number of carboxylic acid groups (broad SMARTS) is 1. The highest BCUT2D eigenvalue weighted by Crippen LogP contribution is 2.38. The maximum absolute atomic E-state index is 12.0. The van der Waals surface area contributed by atoms with Gasteiger partial charge >= 0.3 is 11.9 Å². The van der Waals surface area contributed by atoms with Crippen molar-refractivity contribution in [2.45, 2.75) is 57.9 Å². The number of carboxylic acids is 1. The zero-order chi connectivity index (χ0) is 15.2. The van der Waals surface area contributed by atoms with E-state index in [1.165, 1.54) is 14.0 Å². The van der Waals surface area contributed by atoms with E-state index >= 15 is 0 Å². The molecule has 0 bridgehead atoms. The van der Waals surface area contributed by atoms with Gasteiger partial charge in [0.1, 0.15) is 6.04 Å². The van der Waals surface area contributed by atoms with Gasteiger partial charge in [0.15, 0.2) is 0 Å². The van der Waals surface area contributed by atoms with Gasteiger partial charge in [0.25, 0.3) is 0 Å². The number of rotatable bonds is 5. The molecule has 0 aromatic carbocycles. The van der Waals surface area contributed by atoms with Crippen LogP contribution in [0, 0.1) is 5.41 Å². The Bertz CT molecular complexity index is 372. The van der Waals surface area contributed by atoms with Crippen molar-refractivity contribution in [1.82, 2.24) is 5.32 Å². The molecule has 1 rings (SSSR count). The van der Waals surface area contributed by atoms with E-state index in [2.05, 4.69) is 10.1 Å². The normalized spacial score (nSPS) is 19.5. The van der Waals surface area contributed by atoms with Gasteiger partial charge in [-0.05, 0) is 19.8 Å². The van der Waals surface area contributed by atoms with Crippen LogP contribution in [0.2, 0.25) is 0 Å². The second-order valence-electron chi connectivity index (χ2n) is 5.49. The first kappa shape index (κ1) is 16.5. The first-order chi connectivity index (χ1) is 9.41. The van der Waals surface area contributed by atoms with E-state index in [0.717, 1.165) is 25.7 Å². The number of carbonyl (C=O) groups excluding carboxylic acids is 2. The maximum atomic E-state index is 12.0. The van der Waals surface area contributed by atoms with E-state index in [9.17, 15) is 19.5 Å². The van der Waals surface area contributed by atoms with Gasteiger partial charge in [0.05, 0.1) is 12.5 Å². The Morgan fingerprint density at radius 3 is 2.20 bits per heavy atom. The third-order valence-electron chi connectivity index (χ3n) is 3.95. The summed E-state index contributed by atoms with van der Waals surface area (Å²) < 4.78 is 4.53. The monoisotopic (exact) mass is 285 g/mol. The molecule has 0 saturated heterocycles. The van der Waals surface area contributed by atoms with Crippen LogP contribution in [-0.2, 0) is 19.1 Å². The van der Waals surface area contributed by atoms with Crippen LogP contribution in [0.3, 0.4) is 0 Å². The lowest BCUT2D eigenvalue weighted by atomic mass is 9.77. The molecule has 0 radical (unpaired) electrons. The number of ether oxygens (including phenoxy) is 1. The number of hydrogen-bond acceptors (Lipinski definition) is 4. The fraction of sp³-hybridized carbons (Fsp3) is 0.786. The molecule has 1 amide bonds. The third-order valence-corrected chi connectivity index (χ3v) is 3.95. The largest absolute Gasteiger partial charge is 0.481 e. The van der Waals surface area contributed by atoms with Crippen LogP contribution in [0.1, 0.15) is 51.9 Å². The van der Waals surface area contributed by atoms with Crippen LogP contribution in [0.15, 0.2) is 0 Å². The average Bonchev–Trinajstić information content (AvgIpc) is 2.64. The van der Waals surface area contributed by atoms with Crippen LogP contribution >= 0.6 is 0 Å². The smallest absolute Gasteiger partial charge is 0.328 e. The summed E-state index contributed by atoms with van der Waals surface area (Å²) in [5, 5.41) is 12.0. The van der Waals surface area contributed by atoms with Crippen molar-refractivity contribution in [3.63, 3.8) is 0 Å². The molecule has 6 nitrogen and oxygen atoms in total. The highest BCUT2D eigenvalue weighted by molar-refractivity contribution is 5.88. The average molecular weight is 285 g/mol. The second-order valence-corrected chi connectivity index (χ2v) is 5.49. The number of methoxy groups -OCH3 is 1. The first-order valence-electron chi connectivity index (χ1n) is 7.02. The first-order valence-corrected chi connectivity index (χ1v) is 7.02.